The Morgan fingerprint density at radius 1 is 0.615 bits per heavy atom. The molecule has 26 heavy (non-hydrogen) atoms. The molecule has 0 aliphatic carbocycles. The van der Waals surface area contributed by atoms with E-state index in [-0.39, 0.29) is 0 Å². The van der Waals surface area contributed by atoms with Gasteiger partial charge in [-0.05, 0) is 35.2 Å². The van der Waals surface area contributed by atoms with E-state index in [9.17, 15) is 0 Å². The molecule has 1 unspecified atom stereocenters. The molecule has 0 saturated heterocycles. The molecule has 0 radical (unpaired) electrons. The summed E-state index contributed by atoms with van der Waals surface area (Å²) >= 11 is 0. The highest BCUT2D eigenvalue weighted by Gasteiger charge is 2.41. The average Bonchev–Trinajstić information content (AvgIpc) is 2.68. The number of hydrogen-bond donors (Lipinski definition) is 0. The molecule has 0 amide bonds. The molecule has 0 aliphatic rings. The summed E-state index contributed by atoms with van der Waals surface area (Å²) in [5, 5.41) is 3.82. The topological polar surface area (TPSA) is 18.5 Å². The molecule has 3 aromatic rings. The standard InChI is InChI=1S/C21H26O2Si3/c1-25(2,20-15-9-5-10-16-20)23-26(3,21-17-11-6-12-18-21)22-24-19-13-7-4-8-14-19/h4-18H,24H2,1-3H3. The zero-order valence-electron chi connectivity index (χ0n) is 15.7. The highest BCUT2D eigenvalue weighted by atomic mass is 28.5. The lowest BCUT2D eigenvalue weighted by Gasteiger charge is -2.36. The summed E-state index contributed by atoms with van der Waals surface area (Å²) in [5.74, 6) is 0. The van der Waals surface area contributed by atoms with Gasteiger partial charge in [-0.3, -0.25) is 0 Å². The molecule has 0 N–H and O–H groups in total. The second-order valence-corrected chi connectivity index (χ2v) is 16.2. The number of rotatable bonds is 7. The second-order valence-electron chi connectivity index (χ2n) is 7.06. The van der Waals surface area contributed by atoms with Crippen molar-refractivity contribution in [3.05, 3.63) is 91.0 Å². The van der Waals surface area contributed by atoms with Crippen molar-refractivity contribution in [3.8, 4) is 0 Å². The maximum atomic E-state index is 6.91. The first kappa shape index (κ1) is 19.0. The SMILES string of the molecule is C[Si](C)(O[Si](C)(O[SiH2]c1ccccc1)c1ccccc1)c1ccccc1. The summed E-state index contributed by atoms with van der Waals surface area (Å²) < 4.78 is 13.6. The predicted molar refractivity (Wildman–Crippen MR) is 118 cm³/mol. The highest BCUT2D eigenvalue weighted by molar-refractivity contribution is 6.96. The molecular weight excluding hydrogens is 368 g/mol. The largest absolute Gasteiger partial charge is 0.434 e. The van der Waals surface area contributed by atoms with Gasteiger partial charge in [0.25, 0.3) is 0 Å². The van der Waals surface area contributed by atoms with Gasteiger partial charge in [-0.2, -0.15) is 0 Å². The van der Waals surface area contributed by atoms with Crippen LogP contribution in [-0.4, -0.2) is 26.6 Å². The van der Waals surface area contributed by atoms with Crippen molar-refractivity contribution < 1.29 is 8.23 Å². The van der Waals surface area contributed by atoms with E-state index >= 15 is 0 Å². The van der Waals surface area contributed by atoms with Crippen molar-refractivity contribution in [2.75, 3.05) is 0 Å². The lowest BCUT2D eigenvalue weighted by Crippen LogP contribution is -2.61. The van der Waals surface area contributed by atoms with E-state index in [1.165, 1.54) is 15.6 Å². The summed E-state index contributed by atoms with van der Waals surface area (Å²) in [4.78, 5) is 0. The van der Waals surface area contributed by atoms with Crippen LogP contribution in [0.4, 0.5) is 0 Å². The van der Waals surface area contributed by atoms with Gasteiger partial charge in [-0.1, -0.05) is 91.0 Å². The third-order valence-electron chi connectivity index (χ3n) is 4.57. The quantitative estimate of drug-likeness (QED) is 0.573. The Kier molecular flexibility index (Phi) is 6.05. The van der Waals surface area contributed by atoms with E-state index in [1.807, 2.05) is 12.1 Å². The third-order valence-corrected chi connectivity index (χ3v) is 14.9. The van der Waals surface area contributed by atoms with E-state index in [1.54, 1.807) is 0 Å². The maximum absolute atomic E-state index is 6.91. The van der Waals surface area contributed by atoms with Crippen molar-refractivity contribution >= 4 is 42.2 Å². The van der Waals surface area contributed by atoms with Crippen molar-refractivity contribution in [1.29, 1.82) is 0 Å². The van der Waals surface area contributed by atoms with E-state index in [2.05, 4.69) is 98.5 Å². The van der Waals surface area contributed by atoms with Gasteiger partial charge < -0.3 is 8.23 Å². The summed E-state index contributed by atoms with van der Waals surface area (Å²) in [6.07, 6.45) is 0. The van der Waals surface area contributed by atoms with Gasteiger partial charge in [0.2, 0.25) is 8.32 Å². The molecule has 0 aliphatic heterocycles. The molecule has 0 spiro atoms. The monoisotopic (exact) mass is 394 g/mol. The first-order valence-electron chi connectivity index (χ1n) is 8.99. The second kappa shape index (κ2) is 8.28. The van der Waals surface area contributed by atoms with Crippen LogP contribution in [0.15, 0.2) is 91.0 Å². The fourth-order valence-corrected chi connectivity index (χ4v) is 13.4. The Morgan fingerprint density at radius 2 is 1.08 bits per heavy atom. The molecule has 1 atom stereocenters. The molecule has 0 fully saturated rings. The van der Waals surface area contributed by atoms with Crippen LogP contribution in [0.3, 0.4) is 0 Å². The molecule has 0 bridgehead atoms. The fourth-order valence-electron chi connectivity index (χ4n) is 3.09. The first-order chi connectivity index (χ1) is 12.5. The predicted octanol–water partition coefficient (Wildman–Crippen LogP) is 2.52. The van der Waals surface area contributed by atoms with Crippen LogP contribution in [0.25, 0.3) is 0 Å². The molecule has 134 valence electrons. The van der Waals surface area contributed by atoms with Gasteiger partial charge in [0.1, 0.15) is 0 Å². The fraction of sp³-hybridized carbons (Fsp3) is 0.143. The van der Waals surface area contributed by atoms with Crippen LogP contribution in [0, 0.1) is 0 Å². The van der Waals surface area contributed by atoms with Crippen LogP contribution in [0.1, 0.15) is 0 Å². The Hall–Kier alpha value is -1.77. The van der Waals surface area contributed by atoms with Gasteiger partial charge in [0.15, 0.2) is 9.76 Å². The number of benzene rings is 3. The molecule has 5 heteroatoms. The zero-order chi connectivity index (χ0) is 18.5. The lowest BCUT2D eigenvalue weighted by molar-refractivity contribution is 0.427. The lowest BCUT2D eigenvalue weighted by atomic mass is 10.4. The van der Waals surface area contributed by atoms with Crippen LogP contribution in [0.2, 0.25) is 19.6 Å². The van der Waals surface area contributed by atoms with Crippen LogP contribution in [0.5, 0.6) is 0 Å². The molecule has 2 nitrogen and oxygen atoms in total. The minimum Gasteiger partial charge on any atom is -0.434 e. The Labute approximate surface area is 161 Å². The summed E-state index contributed by atoms with van der Waals surface area (Å²) in [7, 11) is -5.43. The summed E-state index contributed by atoms with van der Waals surface area (Å²) in [6, 6.07) is 31.6. The van der Waals surface area contributed by atoms with E-state index in [0.29, 0.717) is 0 Å². The Balaban J connectivity index is 1.88. The average molecular weight is 395 g/mol. The third kappa shape index (κ3) is 4.69. The van der Waals surface area contributed by atoms with Crippen LogP contribution >= 0.6 is 0 Å². The van der Waals surface area contributed by atoms with E-state index in [0.717, 1.165) is 0 Å². The number of hydrogen-bond acceptors (Lipinski definition) is 2. The van der Waals surface area contributed by atoms with Gasteiger partial charge in [0, 0.05) is 0 Å². The summed E-state index contributed by atoms with van der Waals surface area (Å²) in [6.45, 7) is 6.74. The van der Waals surface area contributed by atoms with E-state index in [4.69, 9.17) is 8.23 Å². The van der Waals surface area contributed by atoms with Crippen LogP contribution < -0.4 is 15.6 Å². The van der Waals surface area contributed by atoms with Gasteiger partial charge in [-0.15, -0.1) is 0 Å². The van der Waals surface area contributed by atoms with Crippen molar-refractivity contribution in [2.45, 2.75) is 19.6 Å². The van der Waals surface area contributed by atoms with Crippen molar-refractivity contribution in [2.24, 2.45) is 0 Å². The minimum absolute atomic E-state index is 0.849. The molecule has 0 aromatic heterocycles. The van der Waals surface area contributed by atoms with Gasteiger partial charge >= 0.3 is 8.56 Å². The zero-order valence-corrected chi connectivity index (χ0v) is 19.1. The maximum Gasteiger partial charge on any atom is 0.348 e. The highest BCUT2D eigenvalue weighted by Crippen LogP contribution is 2.16. The first-order valence-corrected chi connectivity index (χ1v) is 15.5. The van der Waals surface area contributed by atoms with Crippen molar-refractivity contribution in [1.82, 2.24) is 0 Å². The van der Waals surface area contributed by atoms with E-state index < -0.39 is 26.6 Å². The molecule has 3 aromatic carbocycles. The normalized spacial score (nSPS) is 14.4. The smallest absolute Gasteiger partial charge is 0.348 e. The molecule has 0 saturated carbocycles. The van der Waals surface area contributed by atoms with Gasteiger partial charge in [-0.25, -0.2) is 0 Å². The molecular formula is C21H26O2Si3. The molecule has 0 heterocycles. The van der Waals surface area contributed by atoms with Crippen LogP contribution in [-0.2, 0) is 8.23 Å². The van der Waals surface area contributed by atoms with Gasteiger partial charge in [0.05, 0.1) is 0 Å². The Bertz CT molecular complexity index is 810. The molecule has 3 rings (SSSR count). The van der Waals surface area contributed by atoms with Crippen molar-refractivity contribution in [3.63, 3.8) is 0 Å². The Morgan fingerprint density at radius 3 is 1.62 bits per heavy atom. The minimum atomic E-state index is -2.50. The summed E-state index contributed by atoms with van der Waals surface area (Å²) in [5.41, 5.74) is 0.